The third-order valence-corrected chi connectivity index (χ3v) is 5.21. The van der Waals surface area contributed by atoms with Gasteiger partial charge in [-0.15, -0.1) is 11.3 Å². The Bertz CT molecular complexity index is 1180. The molecule has 2 heterocycles. The van der Waals surface area contributed by atoms with Crippen LogP contribution in [0, 0.1) is 0 Å². The first-order valence-corrected chi connectivity index (χ1v) is 10.1. The minimum Gasteiger partial charge on any atom is -0.497 e. The van der Waals surface area contributed by atoms with Crippen molar-refractivity contribution in [2.75, 3.05) is 19.5 Å². The zero-order valence-electron chi connectivity index (χ0n) is 16.1. The average molecular weight is 440 g/mol. The Kier molecular flexibility index (Phi) is 5.64. The summed E-state index contributed by atoms with van der Waals surface area (Å²) in [4.78, 5) is 17.0. The Morgan fingerprint density at radius 1 is 1.10 bits per heavy atom. The van der Waals surface area contributed by atoms with Crippen LogP contribution in [0.2, 0.25) is 0 Å². The van der Waals surface area contributed by atoms with Crippen molar-refractivity contribution in [1.82, 2.24) is 10.3 Å². The Morgan fingerprint density at radius 2 is 1.83 bits per heavy atom. The summed E-state index contributed by atoms with van der Waals surface area (Å²) in [5.41, 5.74) is 1.84. The van der Waals surface area contributed by atoms with E-state index < -0.39 is 5.91 Å². The molecule has 2 N–H and O–H groups in total. The number of thiazole rings is 1. The smallest absolute Gasteiger partial charge is 0.257 e. The maximum atomic E-state index is 12.5. The lowest BCUT2D eigenvalue weighted by Gasteiger charge is -2.10. The lowest BCUT2D eigenvalue weighted by Crippen LogP contribution is -2.34. The van der Waals surface area contributed by atoms with E-state index in [-0.39, 0.29) is 5.11 Å². The molecule has 0 unspecified atom stereocenters. The van der Waals surface area contributed by atoms with Gasteiger partial charge >= 0.3 is 0 Å². The number of carbonyl (C=O) groups is 1. The first-order valence-electron chi connectivity index (χ1n) is 8.85. The third-order valence-electron chi connectivity index (χ3n) is 4.24. The molecule has 0 saturated carbocycles. The molecule has 0 fully saturated rings. The largest absolute Gasteiger partial charge is 0.497 e. The number of amides is 1. The number of thiocarbonyl (C=S) groups is 1. The van der Waals surface area contributed by atoms with Crippen LogP contribution in [0.3, 0.4) is 0 Å². The molecular formula is C21H17N3O4S2. The van der Waals surface area contributed by atoms with E-state index in [2.05, 4.69) is 15.6 Å². The first kappa shape index (κ1) is 19.9. The zero-order valence-corrected chi connectivity index (χ0v) is 17.7. The number of furan rings is 1. The van der Waals surface area contributed by atoms with Crippen LogP contribution in [0.4, 0.5) is 5.13 Å². The number of benzene rings is 2. The summed E-state index contributed by atoms with van der Waals surface area (Å²) >= 11 is 6.61. The molecule has 4 aromatic rings. The zero-order chi connectivity index (χ0) is 21.1. The van der Waals surface area contributed by atoms with Crippen LogP contribution in [0.5, 0.6) is 11.5 Å². The van der Waals surface area contributed by atoms with E-state index in [1.54, 1.807) is 18.2 Å². The van der Waals surface area contributed by atoms with Gasteiger partial charge in [-0.1, -0.05) is 18.2 Å². The van der Waals surface area contributed by atoms with Crippen LogP contribution in [-0.4, -0.2) is 30.2 Å². The summed E-state index contributed by atoms with van der Waals surface area (Å²) in [5, 5.41) is 9.09. The van der Waals surface area contributed by atoms with E-state index in [0.29, 0.717) is 33.6 Å². The van der Waals surface area contributed by atoms with Gasteiger partial charge in [0.2, 0.25) is 0 Å². The van der Waals surface area contributed by atoms with E-state index in [0.717, 1.165) is 11.0 Å². The predicted molar refractivity (Wildman–Crippen MR) is 121 cm³/mol. The van der Waals surface area contributed by atoms with E-state index in [4.69, 9.17) is 26.1 Å². The number of aromatic nitrogens is 1. The summed E-state index contributed by atoms with van der Waals surface area (Å²) < 4.78 is 16.2. The van der Waals surface area contributed by atoms with Gasteiger partial charge in [0, 0.05) is 22.4 Å². The van der Waals surface area contributed by atoms with Crippen molar-refractivity contribution in [3.63, 3.8) is 0 Å². The molecule has 9 heteroatoms. The maximum absolute atomic E-state index is 12.5. The molecule has 0 bridgehead atoms. The van der Waals surface area contributed by atoms with E-state index in [1.807, 2.05) is 35.7 Å². The van der Waals surface area contributed by atoms with Crippen molar-refractivity contribution in [2.45, 2.75) is 0 Å². The molecule has 152 valence electrons. The van der Waals surface area contributed by atoms with Gasteiger partial charge in [-0.3, -0.25) is 10.1 Å². The molecule has 0 aliphatic carbocycles. The highest BCUT2D eigenvalue weighted by Gasteiger charge is 2.14. The number of para-hydroxylation sites is 1. The number of hydrogen-bond donors (Lipinski definition) is 2. The third kappa shape index (κ3) is 4.27. The second-order valence-electron chi connectivity index (χ2n) is 6.20. The van der Waals surface area contributed by atoms with Crippen molar-refractivity contribution >= 4 is 50.7 Å². The van der Waals surface area contributed by atoms with Gasteiger partial charge in [0.1, 0.15) is 22.8 Å². The summed E-state index contributed by atoms with van der Waals surface area (Å²) in [6.07, 6.45) is 0. The first-order chi connectivity index (χ1) is 14.6. The second kappa shape index (κ2) is 8.52. The summed E-state index contributed by atoms with van der Waals surface area (Å²) in [6.45, 7) is 0. The molecule has 0 atom stereocenters. The molecule has 2 aromatic heterocycles. The van der Waals surface area contributed by atoms with Crippen LogP contribution in [0.15, 0.2) is 58.3 Å². The van der Waals surface area contributed by atoms with Gasteiger partial charge in [0.05, 0.1) is 14.2 Å². The number of rotatable bonds is 5. The highest BCUT2D eigenvalue weighted by Crippen LogP contribution is 2.30. The topological polar surface area (TPSA) is 85.6 Å². The molecule has 7 nitrogen and oxygen atoms in total. The Hall–Kier alpha value is -3.43. The molecule has 4 rings (SSSR count). The lowest BCUT2D eigenvalue weighted by atomic mass is 10.2. The van der Waals surface area contributed by atoms with Crippen LogP contribution < -0.4 is 20.1 Å². The average Bonchev–Trinajstić information content (AvgIpc) is 3.39. The fourth-order valence-corrected chi connectivity index (χ4v) is 3.75. The van der Waals surface area contributed by atoms with Crippen LogP contribution in [-0.2, 0) is 0 Å². The molecule has 0 aliphatic heterocycles. The number of anilines is 1. The second-order valence-corrected chi connectivity index (χ2v) is 7.46. The van der Waals surface area contributed by atoms with Crippen LogP contribution >= 0.6 is 23.6 Å². The lowest BCUT2D eigenvalue weighted by molar-refractivity contribution is 0.0977. The van der Waals surface area contributed by atoms with E-state index in [9.17, 15) is 4.79 Å². The fraction of sp³-hybridized carbons (Fsp3) is 0.0952. The standard InChI is InChI=1S/C21H17N3O4S2/c1-26-14-7-13(8-15(10-14)27-2)19(25)23-20(29)24-21-22-16(11-30-21)18-9-12-5-3-4-6-17(12)28-18/h3-11H,1-2H3,(H2,22,23,24,25,29). The maximum Gasteiger partial charge on any atom is 0.257 e. The van der Waals surface area contributed by atoms with Crippen molar-refractivity contribution in [1.29, 1.82) is 0 Å². The molecule has 0 radical (unpaired) electrons. The Balaban J connectivity index is 1.44. The molecule has 0 spiro atoms. The number of hydrogen-bond acceptors (Lipinski definition) is 7. The predicted octanol–water partition coefficient (Wildman–Crippen LogP) is 4.70. The van der Waals surface area contributed by atoms with Crippen molar-refractivity contribution < 1.29 is 18.7 Å². The normalized spacial score (nSPS) is 10.6. The van der Waals surface area contributed by atoms with Gasteiger partial charge in [0.25, 0.3) is 5.91 Å². The number of nitrogens with one attached hydrogen (secondary N) is 2. The van der Waals surface area contributed by atoms with Crippen LogP contribution in [0.1, 0.15) is 10.4 Å². The van der Waals surface area contributed by atoms with Gasteiger partial charge in [0.15, 0.2) is 16.0 Å². The van der Waals surface area contributed by atoms with Gasteiger partial charge in [-0.05, 0) is 36.5 Å². The molecule has 2 aromatic carbocycles. The minimum atomic E-state index is -0.390. The summed E-state index contributed by atoms with van der Waals surface area (Å²) in [7, 11) is 3.04. The quantitative estimate of drug-likeness (QED) is 0.436. The monoisotopic (exact) mass is 439 g/mol. The Labute approximate surface area is 181 Å². The van der Waals surface area contributed by atoms with Gasteiger partial charge in [-0.25, -0.2) is 4.98 Å². The van der Waals surface area contributed by atoms with Gasteiger partial charge < -0.3 is 19.2 Å². The molecule has 0 saturated heterocycles. The van der Waals surface area contributed by atoms with Crippen LogP contribution in [0.25, 0.3) is 22.4 Å². The molecule has 1 amide bonds. The summed E-state index contributed by atoms with van der Waals surface area (Å²) in [6, 6.07) is 14.6. The number of nitrogens with zero attached hydrogens (tertiary/aromatic N) is 1. The SMILES string of the molecule is COc1cc(OC)cc(C(=O)NC(=S)Nc2nc(-c3cc4ccccc4o3)cs2)c1. The number of methoxy groups -OCH3 is 2. The fourth-order valence-electron chi connectivity index (χ4n) is 2.79. The molecule has 30 heavy (non-hydrogen) atoms. The number of ether oxygens (including phenoxy) is 2. The highest BCUT2D eigenvalue weighted by molar-refractivity contribution is 7.80. The van der Waals surface area contributed by atoms with E-state index >= 15 is 0 Å². The minimum absolute atomic E-state index is 0.132. The van der Waals surface area contributed by atoms with Crippen molar-refractivity contribution in [3.8, 4) is 23.0 Å². The molecule has 0 aliphatic rings. The number of carbonyl (C=O) groups excluding carboxylic acids is 1. The van der Waals surface area contributed by atoms with Crippen molar-refractivity contribution in [2.24, 2.45) is 0 Å². The highest BCUT2D eigenvalue weighted by atomic mass is 32.1. The van der Waals surface area contributed by atoms with Gasteiger partial charge in [-0.2, -0.15) is 0 Å². The number of fused-ring (bicyclic) bond motifs is 1. The van der Waals surface area contributed by atoms with Crippen molar-refractivity contribution in [3.05, 3.63) is 59.5 Å². The molecular weight excluding hydrogens is 422 g/mol. The summed E-state index contributed by atoms with van der Waals surface area (Å²) in [5.74, 6) is 1.29. The Morgan fingerprint density at radius 3 is 2.53 bits per heavy atom. The van der Waals surface area contributed by atoms with E-state index in [1.165, 1.54) is 25.6 Å².